The van der Waals surface area contributed by atoms with Crippen molar-refractivity contribution >= 4 is 53.3 Å². The summed E-state index contributed by atoms with van der Waals surface area (Å²) < 4.78 is 0. The first-order valence-corrected chi connectivity index (χ1v) is 9.12. The standard InChI is InChI=1S/C19H19Cl2N3O3.ClH/c1-24-9-14(13-6-11(20)7-16(21)15(13)10-24)12-4-2-3-5-17(12)23-19(27)22-8-18(25)26;/h2-7,14H,8-10H2,1H3,(H,25,26)(H2,22,23,27);1H. The molecule has 1 atom stereocenters. The van der Waals surface area contributed by atoms with Crippen molar-refractivity contribution in [3.63, 3.8) is 0 Å². The minimum absolute atomic E-state index is 0. The van der Waals surface area contributed by atoms with E-state index in [9.17, 15) is 9.59 Å². The second-order valence-electron chi connectivity index (χ2n) is 6.49. The molecule has 28 heavy (non-hydrogen) atoms. The van der Waals surface area contributed by atoms with Crippen molar-refractivity contribution in [1.29, 1.82) is 0 Å². The predicted octanol–water partition coefficient (Wildman–Crippen LogP) is 4.20. The van der Waals surface area contributed by atoms with Gasteiger partial charge in [-0.2, -0.15) is 0 Å². The van der Waals surface area contributed by atoms with Gasteiger partial charge in [-0.05, 0) is 41.9 Å². The number of amides is 2. The van der Waals surface area contributed by atoms with E-state index in [-0.39, 0.29) is 18.3 Å². The molecule has 1 aliphatic heterocycles. The van der Waals surface area contributed by atoms with Crippen molar-refractivity contribution in [2.45, 2.75) is 12.5 Å². The lowest BCUT2D eigenvalue weighted by Crippen LogP contribution is -2.34. The average molecular weight is 445 g/mol. The maximum Gasteiger partial charge on any atom is 0.323 e. The monoisotopic (exact) mass is 443 g/mol. The number of halogens is 3. The zero-order valence-electron chi connectivity index (χ0n) is 15.0. The molecule has 0 radical (unpaired) electrons. The molecule has 0 aromatic heterocycles. The van der Waals surface area contributed by atoms with Gasteiger partial charge in [-0.25, -0.2) is 4.79 Å². The minimum atomic E-state index is -1.11. The van der Waals surface area contributed by atoms with E-state index >= 15 is 0 Å². The zero-order chi connectivity index (χ0) is 19.6. The summed E-state index contributed by atoms with van der Waals surface area (Å²) in [6, 6.07) is 10.5. The summed E-state index contributed by atoms with van der Waals surface area (Å²) in [4.78, 5) is 24.8. The first kappa shape index (κ1) is 22.3. The molecular weight excluding hydrogens is 425 g/mol. The number of likely N-dealkylation sites (N-methyl/N-ethyl adjacent to an activating group) is 1. The van der Waals surface area contributed by atoms with E-state index in [0.29, 0.717) is 15.7 Å². The van der Waals surface area contributed by atoms with Crippen molar-refractivity contribution in [2.75, 3.05) is 25.5 Å². The Hall–Kier alpha value is -1.99. The van der Waals surface area contributed by atoms with Crippen LogP contribution in [0, 0.1) is 0 Å². The Morgan fingerprint density at radius 2 is 1.93 bits per heavy atom. The van der Waals surface area contributed by atoms with Crippen molar-refractivity contribution < 1.29 is 14.7 Å². The lowest BCUT2D eigenvalue weighted by molar-refractivity contribution is -0.135. The summed E-state index contributed by atoms with van der Waals surface area (Å²) in [6.45, 7) is 1.00. The van der Waals surface area contributed by atoms with E-state index in [1.165, 1.54) is 0 Å². The topological polar surface area (TPSA) is 81.7 Å². The Labute approximate surface area is 179 Å². The third-order valence-corrected chi connectivity index (χ3v) is 5.03. The van der Waals surface area contributed by atoms with Gasteiger partial charge >= 0.3 is 12.0 Å². The number of aliphatic carboxylic acids is 1. The van der Waals surface area contributed by atoms with Gasteiger partial charge in [0.25, 0.3) is 0 Å². The summed E-state index contributed by atoms with van der Waals surface area (Å²) in [6.07, 6.45) is 0. The zero-order valence-corrected chi connectivity index (χ0v) is 17.4. The second kappa shape index (κ2) is 9.47. The predicted molar refractivity (Wildman–Crippen MR) is 113 cm³/mol. The number of nitrogens with zero attached hydrogens (tertiary/aromatic N) is 1. The highest BCUT2D eigenvalue weighted by atomic mass is 35.5. The first-order valence-electron chi connectivity index (χ1n) is 8.37. The normalized spacial score (nSPS) is 15.9. The Morgan fingerprint density at radius 1 is 1.21 bits per heavy atom. The van der Waals surface area contributed by atoms with Crippen LogP contribution in [0.15, 0.2) is 36.4 Å². The fraction of sp³-hybridized carbons (Fsp3) is 0.263. The van der Waals surface area contributed by atoms with Crippen LogP contribution in [-0.4, -0.2) is 42.1 Å². The Morgan fingerprint density at radius 3 is 2.64 bits per heavy atom. The fourth-order valence-electron chi connectivity index (χ4n) is 3.35. The number of rotatable bonds is 4. The van der Waals surface area contributed by atoms with Gasteiger partial charge in [0.2, 0.25) is 0 Å². The summed E-state index contributed by atoms with van der Waals surface area (Å²) in [5.41, 5.74) is 3.58. The molecule has 0 spiro atoms. The number of hydrogen-bond donors (Lipinski definition) is 3. The SMILES string of the molecule is CN1Cc2c(Cl)cc(Cl)cc2C(c2ccccc2NC(=O)NCC(=O)O)C1.Cl. The molecule has 1 aliphatic rings. The van der Waals surface area contributed by atoms with Gasteiger partial charge in [0, 0.05) is 34.7 Å². The van der Waals surface area contributed by atoms with E-state index in [4.69, 9.17) is 28.3 Å². The largest absolute Gasteiger partial charge is 0.480 e. The molecule has 6 nitrogen and oxygen atoms in total. The molecule has 2 aromatic rings. The highest BCUT2D eigenvalue weighted by Gasteiger charge is 2.28. The van der Waals surface area contributed by atoms with E-state index in [1.54, 1.807) is 12.1 Å². The number of hydrogen-bond acceptors (Lipinski definition) is 3. The van der Waals surface area contributed by atoms with Crippen LogP contribution in [-0.2, 0) is 11.3 Å². The van der Waals surface area contributed by atoms with Gasteiger partial charge in [-0.3, -0.25) is 4.79 Å². The number of carboxylic acid groups (broad SMARTS) is 1. The summed E-state index contributed by atoms with van der Waals surface area (Å²) >= 11 is 12.6. The first-order chi connectivity index (χ1) is 12.8. The summed E-state index contributed by atoms with van der Waals surface area (Å²) in [5.74, 6) is -1.14. The Bertz CT molecular complexity index is 892. The van der Waals surface area contributed by atoms with Gasteiger partial charge in [0.1, 0.15) is 6.54 Å². The van der Waals surface area contributed by atoms with Crippen molar-refractivity contribution in [1.82, 2.24) is 10.2 Å². The molecular formula is C19H20Cl3N3O3. The number of nitrogens with one attached hydrogen (secondary N) is 2. The summed E-state index contributed by atoms with van der Waals surface area (Å²) in [7, 11) is 2.01. The minimum Gasteiger partial charge on any atom is -0.480 e. The number of para-hydroxylation sites is 1. The van der Waals surface area contributed by atoms with Gasteiger partial charge in [0.05, 0.1) is 0 Å². The van der Waals surface area contributed by atoms with Gasteiger partial charge < -0.3 is 20.6 Å². The lowest BCUT2D eigenvalue weighted by atomic mass is 9.84. The van der Waals surface area contributed by atoms with E-state index in [1.807, 2.05) is 31.3 Å². The van der Waals surface area contributed by atoms with Crippen LogP contribution in [0.5, 0.6) is 0 Å². The molecule has 0 saturated carbocycles. The molecule has 9 heteroatoms. The van der Waals surface area contributed by atoms with Crippen molar-refractivity contribution in [2.24, 2.45) is 0 Å². The molecule has 0 fully saturated rings. The number of urea groups is 1. The molecule has 1 unspecified atom stereocenters. The lowest BCUT2D eigenvalue weighted by Gasteiger charge is -2.34. The molecule has 2 amide bonds. The van der Waals surface area contributed by atoms with Crippen LogP contribution in [0.3, 0.4) is 0 Å². The Kier molecular flexibility index (Phi) is 7.55. The van der Waals surface area contributed by atoms with Crippen LogP contribution in [0.2, 0.25) is 10.0 Å². The van der Waals surface area contributed by atoms with Gasteiger partial charge in [0.15, 0.2) is 0 Å². The molecule has 2 aromatic carbocycles. The maximum absolute atomic E-state index is 12.0. The van der Waals surface area contributed by atoms with E-state index in [2.05, 4.69) is 15.5 Å². The maximum atomic E-state index is 12.0. The number of anilines is 1. The Balaban J connectivity index is 0.00000280. The molecule has 3 N–H and O–H groups in total. The fourth-order valence-corrected chi connectivity index (χ4v) is 3.92. The van der Waals surface area contributed by atoms with Gasteiger partial charge in [-0.1, -0.05) is 41.4 Å². The van der Waals surface area contributed by atoms with Crippen LogP contribution in [0.25, 0.3) is 0 Å². The number of carboxylic acids is 1. The van der Waals surface area contributed by atoms with E-state index < -0.39 is 18.5 Å². The number of carbonyl (C=O) groups is 2. The number of carbonyl (C=O) groups excluding carboxylic acids is 1. The second-order valence-corrected chi connectivity index (χ2v) is 7.34. The highest BCUT2D eigenvalue weighted by molar-refractivity contribution is 6.35. The van der Waals surface area contributed by atoms with Crippen LogP contribution in [0.4, 0.5) is 10.5 Å². The molecule has 0 saturated heterocycles. The molecule has 0 bridgehead atoms. The molecule has 1 heterocycles. The van der Waals surface area contributed by atoms with Gasteiger partial charge in [-0.15, -0.1) is 12.4 Å². The van der Waals surface area contributed by atoms with Crippen molar-refractivity contribution in [3.8, 4) is 0 Å². The van der Waals surface area contributed by atoms with Crippen LogP contribution in [0.1, 0.15) is 22.6 Å². The molecule has 0 aliphatic carbocycles. The number of benzene rings is 2. The number of fused-ring (bicyclic) bond motifs is 1. The third-order valence-electron chi connectivity index (χ3n) is 4.48. The molecule has 3 rings (SSSR count). The van der Waals surface area contributed by atoms with Crippen LogP contribution >= 0.6 is 35.6 Å². The van der Waals surface area contributed by atoms with Crippen molar-refractivity contribution in [3.05, 3.63) is 63.1 Å². The summed E-state index contributed by atoms with van der Waals surface area (Å²) in [5, 5.41) is 14.9. The average Bonchev–Trinajstić information content (AvgIpc) is 2.61. The smallest absolute Gasteiger partial charge is 0.323 e. The van der Waals surface area contributed by atoms with Crippen LogP contribution < -0.4 is 10.6 Å². The highest BCUT2D eigenvalue weighted by Crippen LogP contribution is 2.40. The quantitative estimate of drug-likeness (QED) is 0.660. The van der Waals surface area contributed by atoms with E-state index in [0.717, 1.165) is 29.8 Å². The molecule has 150 valence electrons. The third kappa shape index (κ3) is 5.08.